The number of aryl methyl sites for hydroxylation is 1. The molecule has 2 aliphatic heterocycles. The van der Waals surface area contributed by atoms with Crippen LogP contribution in [-0.2, 0) is 11.2 Å². The summed E-state index contributed by atoms with van der Waals surface area (Å²) in [4.78, 5) is 22.5. The minimum Gasteiger partial charge on any atom is -0.377 e. The van der Waals surface area contributed by atoms with Gasteiger partial charge in [0.1, 0.15) is 12.4 Å². The van der Waals surface area contributed by atoms with Crippen LogP contribution in [0, 0.1) is 6.92 Å². The molecule has 1 aromatic carbocycles. The zero-order chi connectivity index (χ0) is 25.4. The first-order valence-electron chi connectivity index (χ1n) is 11.5. The standard InChI is InChI=1S/C26H24F4N4O2/c1-15-20(10-19(12-32-15)33-25(35)17-4-5-31-21(8-17)24(28)29)16-2-3-18-11-26(30,14-27)23-13-36-7-6-34(23)22(18)9-16/h2-5,8-10,12,23-24H,6-7,11,13-14H2,1H3,(H,33,35)/t23-,26+/m0/s1. The summed E-state index contributed by atoms with van der Waals surface area (Å²) in [6.07, 6.45) is -0.172. The number of alkyl halides is 4. The van der Waals surface area contributed by atoms with Crippen LogP contribution in [0.2, 0.25) is 0 Å². The molecule has 0 spiro atoms. The van der Waals surface area contributed by atoms with Gasteiger partial charge in [0.15, 0.2) is 5.67 Å². The molecule has 0 saturated carbocycles. The van der Waals surface area contributed by atoms with Crippen molar-refractivity contribution < 1.29 is 27.1 Å². The Morgan fingerprint density at radius 1 is 1.25 bits per heavy atom. The molecule has 2 atom stereocenters. The van der Waals surface area contributed by atoms with Crippen LogP contribution in [0.5, 0.6) is 0 Å². The summed E-state index contributed by atoms with van der Waals surface area (Å²) < 4.78 is 60.5. The summed E-state index contributed by atoms with van der Waals surface area (Å²) in [5, 5.41) is 2.70. The second-order valence-corrected chi connectivity index (χ2v) is 9.05. The van der Waals surface area contributed by atoms with Crippen LogP contribution in [0.15, 0.2) is 48.8 Å². The molecule has 2 aromatic heterocycles. The number of hydrogen-bond acceptors (Lipinski definition) is 5. The first-order valence-corrected chi connectivity index (χ1v) is 11.5. The van der Waals surface area contributed by atoms with E-state index < -0.39 is 36.4 Å². The van der Waals surface area contributed by atoms with E-state index in [1.54, 1.807) is 12.1 Å². The Morgan fingerprint density at radius 2 is 2.08 bits per heavy atom. The van der Waals surface area contributed by atoms with E-state index in [0.717, 1.165) is 34.6 Å². The van der Waals surface area contributed by atoms with Gasteiger partial charge in [0.25, 0.3) is 12.3 Å². The van der Waals surface area contributed by atoms with Crippen molar-refractivity contribution in [1.82, 2.24) is 9.97 Å². The van der Waals surface area contributed by atoms with E-state index in [9.17, 15) is 18.0 Å². The van der Waals surface area contributed by atoms with E-state index in [-0.39, 0.29) is 18.6 Å². The number of pyridine rings is 2. The SMILES string of the molecule is Cc1ncc(NC(=O)c2ccnc(C(F)F)c2)cc1-c1ccc2c(c1)N1CCOC[C@H]1[C@](F)(CF)C2. The molecule has 6 nitrogen and oxygen atoms in total. The quantitative estimate of drug-likeness (QED) is 0.495. The maximum absolute atomic E-state index is 15.4. The molecule has 0 unspecified atom stereocenters. The Hall–Kier alpha value is -3.53. The molecule has 1 N–H and O–H groups in total. The van der Waals surface area contributed by atoms with Crippen LogP contribution >= 0.6 is 0 Å². The first-order chi connectivity index (χ1) is 17.3. The van der Waals surface area contributed by atoms with Gasteiger partial charge in [0, 0.05) is 41.7 Å². The number of rotatable bonds is 5. The number of fused-ring (bicyclic) bond motifs is 3. The fourth-order valence-electron chi connectivity index (χ4n) is 4.85. The summed E-state index contributed by atoms with van der Waals surface area (Å²) in [5.41, 5.74) is 1.75. The van der Waals surface area contributed by atoms with Crippen LogP contribution in [0.25, 0.3) is 11.1 Å². The largest absolute Gasteiger partial charge is 0.377 e. The lowest BCUT2D eigenvalue weighted by Gasteiger charge is -2.48. The number of nitrogens with zero attached hydrogens (tertiary/aromatic N) is 3. The predicted octanol–water partition coefficient (Wildman–Crippen LogP) is 5.08. The lowest BCUT2D eigenvalue weighted by atomic mass is 9.82. The van der Waals surface area contributed by atoms with Crippen LogP contribution < -0.4 is 10.2 Å². The second-order valence-electron chi connectivity index (χ2n) is 9.05. The normalized spacial score (nSPS) is 21.2. The number of anilines is 2. The summed E-state index contributed by atoms with van der Waals surface area (Å²) in [5.74, 6) is -0.567. The first kappa shape index (κ1) is 24.2. The van der Waals surface area contributed by atoms with Gasteiger partial charge < -0.3 is 15.0 Å². The van der Waals surface area contributed by atoms with Gasteiger partial charge in [-0.2, -0.15) is 0 Å². The molecule has 1 saturated heterocycles. The monoisotopic (exact) mass is 500 g/mol. The number of aromatic nitrogens is 2. The zero-order valence-electron chi connectivity index (χ0n) is 19.5. The minimum atomic E-state index is -2.78. The molecule has 1 amide bonds. The van der Waals surface area contributed by atoms with Gasteiger partial charge in [-0.25, -0.2) is 17.6 Å². The van der Waals surface area contributed by atoms with Crippen molar-refractivity contribution in [3.05, 3.63) is 71.3 Å². The molecular formula is C26H24F4N4O2. The average molecular weight is 500 g/mol. The van der Waals surface area contributed by atoms with Gasteiger partial charge in [-0.3, -0.25) is 14.8 Å². The third-order valence-electron chi connectivity index (χ3n) is 6.75. The zero-order valence-corrected chi connectivity index (χ0v) is 19.5. The van der Waals surface area contributed by atoms with Crippen molar-refractivity contribution in [2.24, 2.45) is 0 Å². The third-order valence-corrected chi connectivity index (χ3v) is 6.75. The van der Waals surface area contributed by atoms with E-state index in [2.05, 4.69) is 15.3 Å². The molecule has 10 heteroatoms. The number of carbonyl (C=O) groups is 1. The second kappa shape index (κ2) is 9.50. The molecule has 36 heavy (non-hydrogen) atoms. The molecule has 4 heterocycles. The number of ether oxygens (including phenoxy) is 1. The molecule has 0 bridgehead atoms. The summed E-state index contributed by atoms with van der Waals surface area (Å²) >= 11 is 0. The Labute approximate surface area is 205 Å². The van der Waals surface area contributed by atoms with E-state index in [0.29, 0.717) is 24.5 Å². The van der Waals surface area contributed by atoms with Crippen molar-refractivity contribution in [2.45, 2.75) is 31.5 Å². The Balaban J connectivity index is 1.45. The average Bonchev–Trinajstić information content (AvgIpc) is 2.90. The number of benzene rings is 1. The van der Waals surface area contributed by atoms with Gasteiger partial charge >= 0.3 is 0 Å². The molecule has 2 aliphatic rings. The molecule has 188 valence electrons. The molecular weight excluding hydrogens is 476 g/mol. The predicted molar refractivity (Wildman–Crippen MR) is 127 cm³/mol. The minimum absolute atomic E-state index is 0.0382. The maximum atomic E-state index is 15.4. The third kappa shape index (κ3) is 4.41. The highest BCUT2D eigenvalue weighted by atomic mass is 19.3. The number of amides is 1. The highest BCUT2D eigenvalue weighted by Crippen LogP contribution is 2.42. The number of nitrogens with one attached hydrogen (secondary N) is 1. The van der Waals surface area contributed by atoms with Crippen LogP contribution in [-0.4, -0.2) is 54.0 Å². The van der Waals surface area contributed by atoms with E-state index >= 15 is 4.39 Å². The molecule has 0 aliphatic carbocycles. The van der Waals surface area contributed by atoms with Gasteiger partial charge in [0.05, 0.1) is 31.1 Å². The fraction of sp³-hybridized carbons (Fsp3) is 0.346. The lowest BCUT2D eigenvalue weighted by molar-refractivity contribution is 0.000807. The molecule has 5 rings (SSSR count). The summed E-state index contributed by atoms with van der Waals surface area (Å²) in [6.45, 7) is 1.74. The van der Waals surface area contributed by atoms with E-state index in [1.807, 2.05) is 24.0 Å². The molecule has 0 radical (unpaired) electrons. The topological polar surface area (TPSA) is 67.4 Å². The number of morpholine rings is 1. The lowest BCUT2D eigenvalue weighted by Crippen LogP contribution is -2.61. The van der Waals surface area contributed by atoms with Gasteiger partial charge in [-0.05, 0) is 42.3 Å². The van der Waals surface area contributed by atoms with Crippen molar-refractivity contribution >= 4 is 17.3 Å². The summed E-state index contributed by atoms with van der Waals surface area (Å²) in [6, 6.07) is 9.00. The van der Waals surface area contributed by atoms with Crippen molar-refractivity contribution in [3.8, 4) is 11.1 Å². The number of hydrogen-bond donors (Lipinski definition) is 1. The fourth-order valence-corrected chi connectivity index (χ4v) is 4.85. The van der Waals surface area contributed by atoms with Crippen molar-refractivity contribution in [1.29, 1.82) is 0 Å². The van der Waals surface area contributed by atoms with Crippen LogP contribution in [0.1, 0.15) is 33.7 Å². The summed E-state index contributed by atoms with van der Waals surface area (Å²) in [7, 11) is 0. The maximum Gasteiger partial charge on any atom is 0.280 e. The Bertz CT molecular complexity index is 1300. The van der Waals surface area contributed by atoms with Crippen LogP contribution in [0.4, 0.5) is 28.9 Å². The highest BCUT2D eigenvalue weighted by Gasteiger charge is 2.48. The van der Waals surface area contributed by atoms with Crippen molar-refractivity contribution in [2.75, 3.05) is 36.6 Å². The number of halogens is 4. The van der Waals surface area contributed by atoms with Crippen LogP contribution in [0.3, 0.4) is 0 Å². The molecule has 3 aromatic rings. The van der Waals surface area contributed by atoms with Gasteiger partial charge in [0.2, 0.25) is 0 Å². The van der Waals surface area contributed by atoms with E-state index in [4.69, 9.17) is 4.74 Å². The number of carbonyl (C=O) groups excluding carboxylic acids is 1. The highest BCUT2D eigenvalue weighted by molar-refractivity contribution is 6.04. The van der Waals surface area contributed by atoms with Crippen molar-refractivity contribution in [3.63, 3.8) is 0 Å². The molecule has 1 fully saturated rings. The smallest absolute Gasteiger partial charge is 0.280 e. The van der Waals surface area contributed by atoms with Gasteiger partial charge in [-0.15, -0.1) is 0 Å². The Kier molecular flexibility index (Phi) is 6.38. The van der Waals surface area contributed by atoms with E-state index in [1.165, 1.54) is 12.3 Å². The Morgan fingerprint density at radius 3 is 2.86 bits per heavy atom. The van der Waals surface area contributed by atoms with Gasteiger partial charge in [-0.1, -0.05) is 12.1 Å².